The minimum Gasteiger partial charge on any atom is -0.309 e. The van der Waals surface area contributed by atoms with E-state index >= 15 is 0 Å². The van der Waals surface area contributed by atoms with Crippen molar-refractivity contribution in [2.75, 3.05) is 19.6 Å². The molecule has 0 radical (unpaired) electrons. The fraction of sp³-hybridized carbons (Fsp3) is 0.600. The van der Waals surface area contributed by atoms with Crippen molar-refractivity contribution in [3.63, 3.8) is 0 Å². The van der Waals surface area contributed by atoms with Gasteiger partial charge in [-0.05, 0) is 60.4 Å². The zero-order valence-corrected chi connectivity index (χ0v) is 13.9. The van der Waals surface area contributed by atoms with E-state index in [0.29, 0.717) is 17.1 Å². The van der Waals surface area contributed by atoms with Gasteiger partial charge in [0.1, 0.15) is 0 Å². The molecule has 116 valence electrons. The molecular weight excluding hydrogens is 334 g/mol. The van der Waals surface area contributed by atoms with E-state index in [1.54, 1.807) is 12.1 Å². The second-order valence-electron chi connectivity index (χ2n) is 5.69. The molecule has 0 amide bonds. The SMILES string of the molecule is CC(CN1CCCCC1)NCc1ccc(Br)c([N+](=O)[O-])c1. The molecule has 5 nitrogen and oxygen atoms in total. The molecule has 0 bridgehead atoms. The van der Waals surface area contributed by atoms with E-state index in [4.69, 9.17) is 0 Å². The molecule has 1 aromatic rings. The average molecular weight is 356 g/mol. The maximum absolute atomic E-state index is 10.9. The van der Waals surface area contributed by atoms with E-state index < -0.39 is 0 Å². The van der Waals surface area contributed by atoms with Gasteiger partial charge in [-0.3, -0.25) is 10.1 Å². The van der Waals surface area contributed by atoms with Crippen LogP contribution < -0.4 is 5.32 Å². The fourth-order valence-electron chi connectivity index (χ4n) is 2.69. The molecule has 0 aromatic heterocycles. The monoisotopic (exact) mass is 355 g/mol. The van der Waals surface area contributed by atoms with E-state index in [9.17, 15) is 10.1 Å². The third-order valence-electron chi connectivity index (χ3n) is 3.84. The topological polar surface area (TPSA) is 58.4 Å². The molecule has 21 heavy (non-hydrogen) atoms. The van der Waals surface area contributed by atoms with E-state index in [0.717, 1.165) is 12.1 Å². The van der Waals surface area contributed by atoms with Crippen LogP contribution in [0.2, 0.25) is 0 Å². The summed E-state index contributed by atoms with van der Waals surface area (Å²) in [5, 5.41) is 14.4. The van der Waals surface area contributed by atoms with E-state index in [2.05, 4.69) is 33.1 Å². The number of nitro groups is 1. The first-order valence-electron chi connectivity index (χ1n) is 7.45. The first-order chi connectivity index (χ1) is 10.1. The number of piperidine rings is 1. The van der Waals surface area contributed by atoms with Crippen molar-refractivity contribution in [3.8, 4) is 0 Å². The van der Waals surface area contributed by atoms with E-state index in [1.165, 1.54) is 32.4 Å². The van der Waals surface area contributed by atoms with Crippen LogP contribution in [0.25, 0.3) is 0 Å². The largest absolute Gasteiger partial charge is 0.309 e. The number of nitro benzene ring substituents is 1. The van der Waals surface area contributed by atoms with Crippen LogP contribution in [0.5, 0.6) is 0 Å². The predicted octanol–water partition coefficient (Wildman–Crippen LogP) is 3.32. The van der Waals surface area contributed by atoms with Gasteiger partial charge in [0.15, 0.2) is 0 Å². The smallest absolute Gasteiger partial charge is 0.283 e. The van der Waals surface area contributed by atoms with Crippen molar-refractivity contribution in [3.05, 3.63) is 38.3 Å². The van der Waals surface area contributed by atoms with Gasteiger partial charge in [-0.1, -0.05) is 12.5 Å². The zero-order chi connectivity index (χ0) is 15.2. The summed E-state index contributed by atoms with van der Waals surface area (Å²) < 4.78 is 0.526. The highest BCUT2D eigenvalue weighted by atomic mass is 79.9. The standard InChI is InChI=1S/C15H22BrN3O2/c1-12(11-18-7-3-2-4-8-18)17-10-13-5-6-14(16)15(9-13)19(20)21/h5-6,9,12,17H,2-4,7-8,10-11H2,1H3. The third-order valence-corrected chi connectivity index (χ3v) is 4.51. The van der Waals surface area contributed by atoms with E-state index in [-0.39, 0.29) is 10.6 Å². The number of halogens is 1. The summed E-state index contributed by atoms with van der Waals surface area (Å²) in [5.74, 6) is 0. The van der Waals surface area contributed by atoms with Gasteiger partial charge in [-0.15, -0.1) is 0 Å². The summed E-state index contributed by atoms with van der Waals surface area (Å²) >= 11 is 3.21. The molecule has 1 N–H and O–H groups in total. The number of hydrogen-bond donors (Lipinski definition) is 1. The molecule has 0 spiro atoms. The van der Waals surface area contributed by atoms with Crippen molar-refractivity contribution in [2.24, 2.45) is 0 Å². The minimum absolute atomic E-state index is 0.123. The van der Waals surface area contributed by atoms with Crippen LogP contribution in [0.1, 0.15) is 31.7 Å². The lowest BCUT2D eigenvalue weighted by Gasteiger charge is -2.29. The van der Waals surface area contributed by atoms with Crippen molar-refractivity contribution >= 4 is 21.6 Å². The molecule has 6 heteroatoms. The molecular formula is C15H22BrN3O2. The number of rotatable bonds is 6. The molecule has 1 saturated heterocycles. The minimum atomic E-state index is -0.356. The van der Waals surface area contributed by atoms with Crippen LogP contribution in [-0.2, 0) is 6.54 Å². The Bertz CT molecular complexity index is 490. The molecule has 1 atom stereocenters. The quantitative estimate of drug-likeness (QED) is 0.628. The normalized spacial score (nSPS) is 17.6. The number of likely N-dealkylation sites (tertiary alicyclic amines) is 1. The summed E-state index contributed by atoms with van der Waals surface area (Å²) in [5.41, 5.74) is 1.06. The van der Waals surface area contributed by atoms with Gasteiger partial charge < -0.3 is 10.2 Å². The Labute approximate surface area is 134 Å². The number of benzene rings is 1. The van der Waals surface area contributed by atoms with Crippen molar-refractivity contribution in [2.45, 2.75) is 38.8 Å². The molecule has 1 fully saturated rings. The Balaban J connectivity index is 1.84. The molecule has 0 aliphatic carbocycles. The van der Waals surface area contributed by atoms with Crippen molar-refractivity contribution < 1.29 is 4.92 Å². The zero-order valence-electron chi connectivity index (χ0n) is 12.3. The maximum Gasteiger partial charge on any atom is 0.283 e. The lowest BCUT2D eigenvalue weighted by molar-refractivity contribution is -0.385. The number of hydrogen-bond acceptors (Lipinski definition) is 4. The first kappa shape index (κ1) is 16.4. The van der Waals surface area contributed by atoms with Crippen molar-refractivity contribution in [1.29, 1.82) is 0 Å². The highest BCUT2D eigenvalue weighted by molar-refractivity contribution is 9.10. The first-order valence-corrected chi connectivity index (χ1v) is 8.24. The summed E-state index contributed by atoms with van der Waals surface area (Å²) in [6, 6.07) is 5.66. The molecule has 2 rings (SSSR count). The van der Waals surface area contributed by atoms with Gasteiger partial charge in [0.05, 0.1) is 9.40 Å². The summed E-state index contributed by atoms with van der Waals surface area (Å²) in [4.78, 5) is 13.1. The van der Waals surface area contributed by atoms with Gasteiger partial charge in [-0.2, -0.15) is 0 Å². The van der Waals surface area contributed by atoms with Gasteiger partial charge in [0.25, 0.3) is 5.69 Å². The van der Waals surface area contributed by atoms with Crippen molar-refractivity contribution in [1.82, 2.24) is 10.2 Å². The second-order valence-corrected chi connectivity index (χ2v) is 6.54. The molecule has 1 aromatic carbocycles. The molecule has 1 aliphatic rings. The third kappa shape index (κ3) is 5.05. The fourth-order valence-corrected chi connectivity index (χ4v) is 3.09. The maximum atomic E-state index is 10.9. The Morgan fingerprint density at radius 1 is 1.38 bits per heavy atom. The van der Waals surface area contributed by atoms with Crippen LogP contribution in [0.15, 0.2) is 22.7 Å². The Morgan fingerprint density at radius 2 is 2.10 bits per heavy atom. The van der Waals surface area contributed by atoms with Gasteiger partial charge in [-0.25, -0.2) is 0 Å². The summed E-state index contributed by atoms with van der Waals surface area (Å²) in [7, 11) is 0. The number of nitrogens with zero attached hydrogens (tertiary/aromatic N) is 2. The molecule has 0 saturated carbocycles. The summed E-state index contributed by atoms with van der Waals surface area (Å²) in [6.45, 7) is 6.25. The highest BCUT2D eigenvalue weighted by Crippen LogP contribution is 2.25. The average Bonchev–Trinajstić information content (AvgIpc) is 2.47. The Morgan fingerprint density at radius 3 is 2.76 bits per heavy atom. The molecule has 1 aliphatic heterocycles. The van der Waals surface area contributed by atoms with Crippen LogP contribution in [0.4, 0.5) is 5.69 Å². The van der Waals surface area contributed by atoms with Gasteiger partial charge >= 0.3 is 0 Å². The Hall–Kier alpha value is -0.980. The Kier molecular flexibility index (Phi) is 6.14. The number of nitrogens with one attached hydrogen (secondary N) is 1. The van der Waals surface area contributed by atoms with Gasteiger partial charge in [0, 0.05) is 25.2 Å². The highest BCUT2D eigenvalue weighted by Gasteiger charge is 2.15. The van der Waals surface area contributed by atoms with Gasteiger partial charge in [0.2, 0.25) is 0 Å². The molecule has 1 heterocycles. The summed E-state index contributed by atoms with van der Waals surface area (Å²) in [6.07, 6.45) is 3.94. The van der Waals surface area contributed by atoms with Crippen LogP contribution >= 0.6 is 15.9 Å². The van der Waals surface area contributed by atoms with E-state index in [1.807, 2.05) is 6.07 Å². The predicted molar refractivity (Wildman–Crippen MR) is 87.4 cm³/mol. The molecule has 1 unspecified atom stereocenters. The van der Waals surface area contributed by atoms with Crippen LogP contribution in [-0.4, -0.2) is 35.5 Å². The second kappa shape index (κ2) is 7.87. The lowest BCUT2D eigenvalue weighted by atomic mass is 10.1. The van der Waals surface area contributed by atoms with Crippen LogP contribution in [0, 0.1) is 10.1 Å². The van der Waals surface area contributed by atoms with Crippen LogP contribution in [0.3, 0.4) is 0 Å². The lowest BCUT2D eigenvalue weighted by Crippen LogP contribution is -2.41.